The minimum Gasteiger partial charge on any atom is -0.480 e. The molecule has 1 heterocycles. The summed E-state index contributed by atoms with van der Waals surface area (Å²) < 4.78 is 0. The molecule has 2 N–H and O–H groups in total. The van der Waals surface area contributed by atoms with Crippen LogP contribution in [0.4, 0.5) is 4.79 Å². The minimum atomic E-state index is -1.09. The number of hydrogen-bond acceptors (Lipinski definition) is 3. The fraction of sp³-hybridized carbons (Fsp3) is 0.769. The highest BCUT2D eigenvalue weighted by Gasteiger charge is 2.37. The third-order valence-corrected chi connectivity index (χ3v) is 4.07. The van der Waals surface area contributed by atoms with Gasteiger partial charge in [0, 0.05) is 19.6 Å². The van der Waals surface area contributed by atoms with Gasteiger partial charge < -0.3 is 15.3 Å². The van der Waals surface area contributed by atoms with E-state index >= 15 is 0 Å². The van der Waals surface area contributed by atoms with E-state index in [0.29, 0.717) is 19.0 Å². The fourth-order valence-electron chi connectivity index (χ4n) is 2.57. The molecule has 7 nitrogen and oxygen atoms in total. The molecule has 20 heavy (non-hydrogen) atoms. The van der Waals surface area contributed by atoms with E-state index in [1.165, 1.54) is 11.3 Å². The summed E-state index contributed by atoms with van der Waals surface area (Å²) in [6.45, 7) is 2.84. The molecule has 2 fully saturated rings. The van der Waals surface area contributed by atoms with Gasteiger partial charge in [0.15, 0.2) is 0 Å². The van der Waals surface area contributed by atoms with Crippen LogP contribution in [0.3, 0.4) is 0 Å². The van der Waals surface area contributed by atoms with Crippen molar-refractivity contribution in [2.75, 3.05) is 26.2 Å². The van der Waals surface area contributed by atoms with Crippen molar-refractivity contribution in [3.63, 3.8) is 0 Å². The summed E-state index contributed by atoms with van der Waals surface area (Å²) in [5.74, 6) is -0.880. The Bertz CT molecular complexity index is 408. The van der Waals surface area contributed by atoms with Crippen LogP contribution >= 0.6 is 0 Å². The van der Waals surface area contributed by atoms with Gasteiger partial charge in [-0.2, -0.15) is 0 Å². The van der Waals surface area contributed by atoms with E-state index in [-0.39, 0.29) is 25.0 Å². The number of carbonyl (C=O) groups excluding carboxylic acids is 2. The molecule has 3 amide bonds. The van der Waals surface area contributed by atoms with Crippen molar-refractivity contribution in [3.8, 4) is 0 Å². The monoisotopic (exact) mass is 283 g/mol. The van der Waals surface area contributed by atoms with Crippen LogP contribution in [-0.2, 0) is 9.59 Å². The van der Waals surface area contributed by atoms with E-state index in [2.05, 4.69) is 5.32 Å². The molecule has 2 rings (SSSR count). The Kier molecular flexibility index (Phi) is 4.46. The molecule has 0 aromatic rings. The maximum atomic E-state index is 12.5. The maximum Gasteiger partial charge on any atom is 0.328 e. The molecule has 7 heteroatoms. The second kappa shape index (κ2) is 6.11. The van der Waals surface area contributed by atoms with Gasteiger partial charge in [0.25, 0.3) is 0 Å². The normalized spacial score (nSPS) is 22.9. The maximum absolute atomic E-state index is 12.5. The van der Waals surface area contributed by atoms with Gasteiger partial charge in [0.2, 0.25) is 5.91 Å². The van der Waals surface area contributed by atoms with Crippen molar-refractivity contribution in [3.05, 3.63) is 0 Å². The first kappa shape index (κ1) is 14.6. The lowest BCUT2D eigenvalue weighted by Crippen LogP contribution is -2.62. The van der Waals surface area contributed by atoms with Gasteiger partial charge in [0.05, 0.1) is 0 Å². The number of nitrogens with zero attached hydrogens (tertiary/aromatic N) is 2. The van der Waals surface area contributed by atoms with Crippen LogP contribution in [0.2, 0.25) is 0 Å². The van der Waals surface area contributed by atoms with Crippen molar-refractivity contribution >= 4 is 17.9 Å². The molecule has 112 valence electrons. The molecule has 1 saturated carbocycles. The second-order valence-corrected chi connectivity index (χ2v) is 5.40. The standard InChI is InChI=1S/C13H21N3O4/c1-2-15(7-9-4-3-5-9)13(20)16-8-11(17)14-6-10(16)12(18)19/h9-10H,2-8H2,1H3,(H,14,17)(H,18,19). The Labute approximate surface area is 117 Å². The highest BCUT2D eigenvalue weighted by Crippen LogP contribution is 2.27. The molecular formula is C13H21N3O4. The zero-order chi connectivity index (χ0) is 14.7. The molecule has 0 aromatic carbocycles. The van der Waals surface area contributed by atoms with Crippen LogP contribution < -0.4 is 5.32 Å². The summed E-state index contributed by atoms with van der Waals surface area (Å²) >= 11 is 0. The SMILES string of the molecule is CCN(CC1CCC1)C(=O)N1CC(=O)NCC1C(=O)O. The summed E-state index contributed by atoms with van der Waals surface area (Å²) in [7, 11) is 0. The Morgan fingerprint density at radius 3 is 2.65 bits per heavy atom. The predicted octanol–water partition coefficient (Wildman–Crippen LogP) is 0.113. The topological polar surface area (TPSA) is 90.0 Å². The van der Waals surface area contributed by atoms with Crippen LogP contribution in [0.5, 0.6) is 0 Å². The molecule has 1 saturated heterocycles. The van der Waals surface area contributed by atoms with Gasteiger partial charge in [-0.1, -0.05) is 6.42 Å². The first-order valence-electron chi connectivity index (χ1n) is 7.08. The van der Waals surface area contributed by atoms with Gasteiger partial charge in [0.1, 0.15) is 12.6 Å². The zero-order valence-electron chi connectivity index (χ0n) is 11.7. The number of carboxylic acid groups (broad SMARTS) is 1. The van der Waals surface area contributed by atoms with Crippen molar-refractivity contribution in [2.45, 2.75) is 32.2 Å². The van der Waals surface area contributed by atoms with E-state index < -0.39 is 12.0 Å². The zero-order valence-corrected chi connectivity index (χ0v) is 11.7. The fourth-order valence-corrected chi connectivity index (χ4v) is 2.57. The number of urea groups is 1. The summed E-state index contributed by atoms with van der Waals surface area (Å²) in [6.07, 6.45) is 3.43. The number of carboxylic acids is 1. The Hall–Kier alpha value is -1.79. The molecule has 1 atom stereocenters. The van der Waals surface area contributed by atoms with Gasteiger partial charge in [-0.25, -0.2) is 9.59 Å². The summed E-state index contributed by atoms with van der Waals surface area (Å²) in [4.78, 5) is 37.9. The first-order chi connectivity index (χ1) is 9.52. The predicted molar refractivity (Wildman–Crippen MR) is 71.1 cm³/mol. The highest BCUT2D eigenvalue weighted by molar-refractivity contribution is 5.90. The van der Waals surface area contributed by atoms with E-state index in [0.717, 1.165) is 12.8 Å². The van der Waals surface area contributed by atoms with E-state index in [9.17, 15) is 19.5 Å². The van der Waals surface area contributed by atoms with Crippen LogP contribution in [-0.4, -0.2) is 65.0 Å². The number of piperazine rings is 1. The minimum absolute atomic E-state index is 0.0269. The average Bonchev–Trinajstić information content (AvgIpc) is 2.36. The number of hydrogen-bond donors (Lipinski definition) is 2. The van der Waals surface area contributed by atoms with E-state index in [1.807, 2.05) is 6.92 Å². The number of amides is 3. The Morgan fingerprint density at radius 2 is 2.15 bits per heavy atom. The average molecular weight is 283 g/mol. The third kappa shape index (κ3) is 3.02. The number of rotatable bonds is 4. The van der Waals surface area contributed by atoms with E-state index in [4.69, 9.17) is 0 Å². The lowest BCUT2D eigenvalue weighted by atomic mass is 9.85. The second-order valence-electron chi connectivity index (χ2n) is 5.40. The van der Waals surface area contributed by atoms with Crippen molar-refractivity contribution in [1.29, 1.82) is 0 Å². The molecule has 0 bridgehead atoms. The molecule has 1 unspecified atom stereocenters. The third-order valence-electron chi connectivity index (χ3n) is 4.07. The Morgan fingerprint density at radius 1 is 1.45 bits per heavy atom. The summed E-state index contributed by atoms with van der Waals surface area (Å²) in [6, 6.07) is -1.32. The van der Waals surface area contributed by atoms with Gasteiger partial charge in [-0.3, -0.25) is 9.69 Å². The van der Waals surface area contributed by atoms with Gasteiger partial charge in [-0.15, -0.1) is 0 Å². The molecular weight excluding hydrogens is 262 g/mol. The lowest BCUT2D eigenvalue weighted by Gasteiger charge is -2.38. The quantitative estimate of drug-likeness (QED) is 0.766. The van der Waals surface area contributed by atoms with Crippen molar-refractivity contribution in [1.82, 2.24) is 15.1 Å². The molecule has 1 aliphatic heterocycles. The van der Waals surface area contributed by atoms with Gasteiger partial charge >= 0.3 is 12.0 Å². The molecule has 0 radical (unpaired) electrons. The first-order valence-corrected chi connectivity index (χ1v) is 7.08. The number of carbonyl (C=O) groups is 3. The summed E-state index contributed by atoms with van der Waals surface area (Å²) in [5.41, 5.74) is 0. The van der Waals surface area contributed by atoms with Crippen LogP contribution in [0, 0.1) is 5.92 Å². The molecule has 2 aliphatic rings. The lowest BCUT2D eigenvalue weighted by molar-refractivity contribution is -0.144. The van der Waals surface area contributed by atoms with Crippen LogP contribution in [0.25, 0.3) is 0 Å². The summed E-state index contributed by atoms with van der Waals surface area (Å²) in [5, 5.41) is 11.7. The van der Waals surface area contributed by atoms with E-state index in [1.54, 1.807) is 4.90 Å². The molecule has 0 spiro atoms. The van der Waals surface area contributed by atoms with Crippen molar-refractivity contribution in [2.24, 2.45) is 5.92 Å². The van der Waals surface area contributed by atoms with Gasteiger partial charge in [-0.05, 0) is 25.7 Å². The van der Waals surface area contributed by atoms with Crippen molar-refractivity contribution < 1.29 is 19.5 Å². The van der Waals surface area contributed by atoms with Crippen LogP contribution in [0.1, 0.15) is 26.2 Å². The highest BCUT2D eigenvalue weighted by atomic mass is 16.4. The Balaban J connectivity index is 2.05. The number of aliphatic carboxylic acids is 1. The largest absolute Gasteiger partial charge is 0.480 e. The molecule has 1 aliphatic carbocycles. The van der Waals surface area contributed by atoms with Crippen LogP contribution in [0.15, 0.2) is 0 Å². The molecule has 0 aromatic heterocycles. The number of nitrogens with one attached hydrogen (secondary N) is 1. The smallest absolute Gasteiger partial charge is 0.328 e.